The van der Waals surface area contributed by atoms with Crippen molar-refractivity contribution in [1.29, 1.82) is 0 Å². The molecule has 1 saturated carbocycles. The van der Waals surface area contributed by atoms with Crippen LogP contribution < -0.4 is 10.6 Å². The quantitative estimate of drug-likeness (QED) is 0.545. The Morgan fingerprint density at radius 3 is 2.44 bits per heavy atom. The third kappa shape index (κ3) is 5.60. The highest BCUT2D eigenvalue weighted by atomic mass is 31.2. The number of aromatic nitrogens is 2. The van der Waals surface area contributed by atoms with E-state index in [1.807, 2.05) is 12.1 Å². The number of carbonyl (C=O) groups is 1. The molecule has 9 nitrogen and oxygen atoms in total. The first-order valence-electron chi connectivity index (χ1n) is 12.4. The number of piperidine rings is 1. The monoisotopic (exact) mass is 490 g/mol. The summed E-state index contributed by atoms with van der Waals surface area (Å²) in [6.07, 6.45) is 11.5. The highest BCUT2D eigenvalue weighted by Gasteiger charge is 2.34. The smallest absolute Gasteiger partial charge is 0.308 e. The van der Waals surface area contributed by atoms with Crippen LogP contribution in [0.15, 0.2) is 29.1 Å². The van der Waals surface area contributed by atoms with Crippen molar-refractivity contribution in [1.82, 2.24) is 19.5 Å². The van der Waals surface area contributed by atoms with Crippen LogP contribution in [-0.4, -0.2) is 48.8 Å². The van der Waals surface area contributed by atoms with E-state index in [4.69, 9.17) is 9.79 Å². The standard InChI is InChI=1S/C24H35N4O5P/c1-2-17-16-19(14-15-27(17)18-10-6-4-3-5-7-11-18)28-21-13-9-8-12-20(21)25-22(24(28)30)23(29)26-34(31,32)33/h8-9,12-13,17-19H,2-7,10-11,14-16H2,1H3,(H3,26,29,31,32,33)/t17-,19-/m1/s1. The highest BCUT2D eigenvalue weighted by Crippen LogP contribution is 2.34. The molecular formula is C24H35N4O5P. The number of nitrogens with zero attached hydrogens (tertiary/aromatic N) is 3. The molecular weight excluding hydrogens is 455 g/mol. The molecule has 1 aliphatic heterocycles. The number of carbonyl (C=O) groups excluding carboxylic acids is 1. The summed E-state index contributed by atoms with van der Waals surface area (Å²) in [5.74, 6) is -1.16. The van der Waals surface area contributed by atoms with Gasteiger partial charge in [-0.25, -0.2) is 9.55 Å². The lowest BCUT2D eigenvalue weighted by Crippen LogP contribution is -2.50. The number of hydrogen-bond donors (Lipinski definition) is 3. The molecule has 1 amide bonds. The number of hydrogen-bond acceptors (Lipinski definition) is 5. The van der Waals surface area contributed by atoms with Gasteiger partial charge in [-0.15, -0.1) is 0 Å². The van der Waals surface area contributed by atoms with E-state index in [0.717, 1.165) is 25.8 Å². The first-order chi connectivity index (χ1) is 16.3. The second-order valence-corrected chi connectivity index (χ2v) is 10.9. The summed E-state index contributed by atoms with van der Waals surface area (Å²) in [5.41, 5.74) is -0.00521. The molecule has 0 bridgehead atoms. The fourth-order valence-electron chi connectivity index (χ4n) is 5.78. The Morgan fingerprint density at radius 2 is 1.76 bits per heavy atom. The van der Waals surface area contributed by atoms with Crippen molar-refractivity contribution in [2.24, 2.45) is 0 Å². The van der Waals surface area contributed by atoms with E-state index in [1.54, 1.807) is 21.8 Å². The number of para-hydroxylation sites is 2. The summed E-state index contributed by atoms with van der Waals surface area (Å²) >= 11 is 0. The lowest BCUT2D eigenvalue weighted by molar-refractivity contribution is 0.0551. The van der Waals surface area contributed by atoms with E-state index in [-0.39, 0.29) is 6.04 Å². The summed E-state index contributed by atoms with van der Waals surface area (Å²) in [6.45, 7) is 3.08. The Bertz CT molecular complexity index is 1120. The minimum Gasteiger partial charge on any atom is -0.308 e. The fraction of sp³-hybridized carbons (Fsp3) is 0.625. The van der Waals surface area contributed by atoms with Crippen LogP contribution in [-0.2, 0) is 4.57 Å². The number of rotatable bonds is 5. The third-order valence-electron chi connectivity index (χ3n) is 7.37. The van der Waals surface area contributed by atoms with Gasteiger partial charge in [-0.3, -0.25) is 19.6 Å². The molecule has 1 saturated heterocycles. The van der Waals surface area contributed by atoms with Gasteiger partial charge in [-0.2, -0.15) is 0 Å². The largest absolute Gasteiger partial charge is 0.430 e. The van der Waals surface area contributed by atoms with Crippen molar-refractivity contribution in [2.75, 3.05) is 6.54 Å². The van der Waals surface area contributed by atoms with Crippen LogP contribution >= 0.6 is 7.75 Å². The molecule has 0 unspecified atom stereocenters. The summed E-state index contributed by atoms with van der Waals surface area (Å²) < 4.78 is 12.9. The van der Waals surface area contributed by atoms with Gasteiger partial charge in [0.05, 0.1) is 11.0 Å². The van der Waals surface area contributed by atoms with Gasteiger partial charge in [0, 0.05) is 24.7 Å². The minimum absolute atomic E-state index is 0.114. The molecule has 2 heterocycles. The van der Waals surface area contributed by atoms with Crippen LogP contribution in [0.25, 0.3) is 11.0 Å². The molecule has 34 heavy (non-hydrogen) atoms. The molecule has 4 rings (SSSR count). The molecule has 1 aromatic carbocycles. The Kier molecular flexibility index (Phi) is 7.87. The Labute approximate surface area is 199 Å². The maximum absolute atomic E-state index is 13.4. The Balaban J connectivity index is 1.66. The van der Waals surface area contributed by atoms with Crippen molar-refractivity contribution in [3.63, 3.8) is 0 Å². The maximum atomic E-state index is 13.4. The van der Waals surface area contributed by atoms with Crippen molar-refractivity contribution in [3.05, 3.63) is 40.3 Å². The second kappa shape index (κ2) is 10.7. The molecule has 2 atom stereocenters. The predicted octanol–water partition coefficient (Wildman–Crippen LogP) is 3.75. The zero-order chi connectivity index (χ0) is 24.3. The summed E-state index contributed by atoms with van der Waals surface area (Å²) in [6, 6.07) is 7.93. The molecule has 3 N–H and O–H groups in total. The van der Waals surface area contributed by atoms with Gasteiger partial charge in [0.1, 0.15) is 0 Å². The molecule has 2 aliphatic rings. The van der Waals surface area contributed by atoms with E-state index >= 15 is 0 Å². The maximum Gasteiger partial charge on any atom is 0.430 e. The van der Waals surface area contributed by atoms with Gasteiger partial charge in [0.2, 0.25) is 0 Å². The number of likely N-dealkylation sites (tertiary alicyclic amines) is 1. The first-order valence-corrected chi connectivity index (χ1v) is 14.0. The fourth-order valence-corrected chi connectivity index (χ4v) is 6.15. The van der Waals surface area contributed by atoms with Crippen molar-refractivity contribution >= 4 is 24.7 Å². The predicted molar refractivity (Wildman–Crippen MR) is 131 cm³/mol. The van der Waals surface area contributed by atoms with E-state index in [0.29, 0.717) is 23.1 Å². The molecule has 0 spiro atoms. The van der Waals surface area contributed by atoms with E-state index < -0.39 is 24.9 Å². The summed E-state index contributed by atoms with van der Waals surface area (Å²) in [5, 5.41) is 1.60. The number of amides is 1. The molecule has 1 aliphatic carbocycles. The Morgan fingerprint density at radius 1 is 1.09 bits per heavy atom. The van der Waals surface area contributed by atoms with Crippen LogP contribution in [0.3, 0.4) is 0 Å². The average molecular weight is 491 g/mol. The van der Waals surface area contributed by atoms with Crippen LogP contribution in [0.1, 0.15) is 87.7 Å². The lowest BCUT2D eigenvalue weighted by Gasteiger charge is -2.45. The van der Waals surface area contributed by atoms with Crippen LogP contribution in [0, 0.1) is 0 Å². The summed E-state index contributed by atoms with van der Waals surface area (Å²) in [4.78, 5) is 51.1. The van der Waals surface area contributed by atoms with E-state index in [1.165, 1.54) is 44.9 Å². The normalized spacial score (nSPS) is 23.4. The lowest BCUT2D eigenvalue weighted by atomic mass is 9.89. The van der Waals surface area contributed by atoms with Gasteiger partial charge < -0.3 is 14.4 Å². The highest BCUT2D eigenvalue weighted by molar-refractivity contribution is 7.50. The van der Waals surface area contributed by atoms with Gasteiger partial charge in [-0.1, -0.05) is 51.2 Å². The molecule has 2 fully saturated rings. The van der Waals surface area contributed by atoms with E-state index in [9.17, 15) is 14.2 Å². The van der Waals surface area contributed by atoms with Gasteiger partial charge >= 0.3 is 7.75 Å². The average Bonchev–Trinajstić information content (AvgIpc) is 2.77. The van der Waals surface area contributed by atoms with Gasteiger partial charge in [0.25, 0.3) is 11.5 Å². The zero-order valence-corrected chi connectivity index (χ0v) is 20.6. The molecule has 186 valence electrons. The molecule has 1 aromatic heterocycles. The van der Waals surface area contributed by atoms with Crippen LogP contribution in [0.2, 0.25) is 0 Å². The number of nitrogens with one attached hydrogen (secondary N) is 1. The molecule has 2 aromatic rings. The van der Waals surface area contributed by atoms with Crippen molar-refractivity contribution < 1.29 is 19.1 Å². The molecule has 10 heteroatoms. The number of benzene rings is 1. The van der Waals surface area contributed by atoms with Crippen LogP contribution in [0.4, 0.5) is 0 Å². The first kappa shape index (κ1) is 25.0. The SMILES string of the molecule is CC[C@@H]1C[C@H](n2c(=O)c(C(=O)NP(=O)(O)O)nc3ccccc32)CCN1C1CCCCCCC1. The second-order valence-electron chi connectivity index (χ2n) is 9.59. The zero-order valence-electron chi connectivity index (χ0n) is 19.7. The van der Waals surface area contributed by atoms with E-state index in [2.05, 4.69) is 16.8 Å². The summed E-state index contributed by atoms with van der Waals surface area (Å²) in [7, 11) is -4.85. The van der Waals surface area contributed by atoms with Gasteiger partial charge in [0.15, 0.2) is 5.69 Å². The van der Waals surface area contributed by atoms with Gasteiger partial charge in [-0.05, 0) is 44.2 Å². The number of fused-ring (bicyclic) bond motifs is 1. The van der Waals surface area contributed by atoms with Crippen LogP contribution in [0.5, 0.6) is 0 Å². The topological polar surface area (TPSA) is 125 Å². The van der Waals surface area contributed by atoms with Crippen molar-refractivity contribution in [2.45, 2.75) is 89.3 Å². The van der Waals surface area contributed by atoms with Crippen molar-refractivity contribution in [3.8, 4) is 0 Å². The Hall–Kier alpha value is -2.06. The molecule has 0 radical (unpaired) electrons. The minimum atomic E-state index is -4.85. The third-order valence-corrected chi connectivity index (χ3v) is 7.87.